The first-order chi connectivity index (χ1) is 11.0. The lowest BCUT2D eigenvalue weighted by Gasteiger charge is -2.10. The van der Waals surface area contributed by atoms with Crippen molar-refractivity contribution >= 4 is 81.5 Å². The van der Waals surface area contributed by atoms with Crippen LogP contribution in [0.1, 0.15) is 5.56 Å². The summed E-state index contributed by atoms with van der Waals surface area (Å²) in [6.45, 7) is 0.108. The molecule has 0 unspecified atom stereocenters. The van der Waals surface area contributed by atoms with Crippen LogP contribution in [-0.2, 0) is 4.79 Å². The minimum atomic E-state index is -0.236. The van der Waals surface area contributed by atoms with E-state index in [1.54, 1.807) is 6.21 Å². The van der Waals surface area contributed by atoms with Gasteiger partial charge in [0.25, 0.3) is 5.91 Å². The van der Waals surface area contributed by atoms with E-state index in [2.05, 4.69) is 79.6 Å². The Kier molecular flexibility index (Phi) is 7.26. The highest BCUT2D eigenvalue weighted by molar-refractivity contribution is 9.11. The van der Waals surface area contributed by atoms with Gasteiger partial charge < -0.3 is 5.32 Å². The smallest absolute Gasteiger partial charge is 0.259 e. The van der Waals surface area contributed by atoms with Crippen LogP contribution in [0.5, 0.6) is 0 Å². The number of halogens is 4. The van der Waals surface area contributed by atoms with Gasteiger partial charge >= 0.3 is 0 Å². The van der Waals surface area contributed by atoms with Gasteiger partial charge in [-0.2, -0.15) is 5.10 Å². The number of hydrazone groups is 1. The fourth-order valence-electron chi connectivity index (χ4n) is 1.65. The molecule has 8 heteroatoms. The van der Waals surface area contributed by atoms with Crippen molar-refractivity contribution in [2.24, 2.45) is 5.10 Å². The van der Waals surface area contributed by atoms with Gasteiger partial charge in [0, 0.05) is 17.9 Å². The zero-order chi connectivity index (χ0) is 16.8. The molecule has 0 aliphatic rings. The number of nitrogens with one attached hydrogen (secondary N) is 2. The molecule has 2 aromatic rings. The van der Waals surface area contributed by atoms with Crippen molar-refractivity contribution in [3.05, 3.63) is 59.9 Å². The van der Waals surface area contributed by atoms with Gasteiger partial charge in [0.2, 0.25) is 0 Å². The Morgan fingerprint density at radius 3 is 2.22 bits per heavy atom. The summed E-state index contributed by atoms with van der Waals surface area (Å²) in [6.07, 6.45) is 1.59. The third kappa shape index (κ3) is 6.02. The Morgan fingerprint density at radius 1 is 1.00 bits per heavy atom. The van der Waals surface area contributed by atoms with Crippen LogP contribution in [0.15, 0.2) is 59.4 Å². The molecule has 23 heavy (non-hydrogen) atoms. The number of hydrogen-bond acceptors (Lipinski definition) is 3. The van der Waals surface area contributed by atoms with E-state index in [0.717, 1.165) is 29.1 Å². The Morgan fingerprint density at radius 2 is 1.61 bits per heavy atom. The van der Waals surface area contributed by atoms with Gasteiger partial charge in [0.15, 0.2) is 0 Å². The summed E-state index contributed by atoms with van der Waals surface area (Å²) < 4.78 is 3.63. The lowest BCUT2D eigenvalue weighted by molar-refractivity contribution is -0.119. The molecule has 0 aromatic heterocycles. The first kappa shape index (κ1) is 18.6. The SMILES string of the molecule is O=C(CNc1c(Br)cc(Br)cc1Br)N/N=C\c1ccc(Br)cc1. The molecular formula is C15H11Br4N3O. The van der Waals surface area contributed by atoms with Crippen molar-refractivity contribution in [3.8, 4) is 0 Å². The highest BCUT2D eigenvalue weighted by Gasteiger charge is 2.08. The minimum Gasteiger partial charge on any atom is -0.374 e. The van der Waals surface area contributed by atoms with E-state index in [-0.39, 0.29) is 12.5 Å². The number of rotatable bonds is 5. The number of anilines is 1. The van der Waals surface area contributed by atoms with E-state index in [0.29, 0.717) is 0 Å². The molecule has 2 N–H and O–H groups in total. The van der Waals surface area contributed by atoms with E-state index < -0.39 is 0 Å². The first-order valence-electron chi connectivity index (χ1n) is 6.41. The molecule has 2 aromatic carbocycles. The molecule has 0 heterocycles. The number of hydrogen-bond donors (Lipinski definition) is 2. The quantitative estimate of drug-likeness (QED) is 0.380. The second-order valence-corrected chi connectivity index (χ2v) is 7.98. The highest BCUT2D eigenvalue weighted by Crippen LogP contribution is 2.34. The van der Waals surface area contributed by atoms with Crippen LogP contribution < -0.4 is 10.7 Å². The number of amides is 1. The minimum absolute atomic E-state index is 0.108. The molecule has 2 rings (SSSR count). The van der Waals surface area contributed by atoms with E-state index >= 15 is 0 Å². The van der Waals surface area contributed by atoms with E-state index in [4.69, 9.17) is 0 Å². The second kappa shape index (κ2) is 8.96. The molecule has 0 bridgehead atoms. The molecule has 1 amide bonds. The zero-order valence-electron chi connectivity index (χ0n) is 11.6. The van der Waals surface area contributed by atoms with Crippen LogP contribution in [0.2, 0.25) is 0 Å². The Labute approximate surface area is 167 Å². The summed E-state index contributed by atoms with van der Waals surface area (Å²) in [5.41, 5.74) is 4.19. The monoisotopic (exact) mass is 565 g/mol. The number of carbonyl (C=O) groups is 1. The largest absolute Gasteiger partial charge is 0.374 e. The van der Waals surface area contributed by atoms with Crippen LogP contribution in [0.3, 0.4) is 0 Å². The Bertz CT molecular complexity index is 709. The van der Waals surface area contributed by atoms with Crippen molar-refractivity contribution in [2.75, 3.05) is 11.9 Å². The summed E-state index contributed by atoms with van der Waals surface area (Å²) >= 11 is 13.7. The van der Waals surface area contributed by atoms with E-state index in [1.807, 2.05) is 36.4 Å². The fraction of sp³-hybridized carbons (Fsp3) is 0.0667. The summed E-state index contributed by atoms with van der Waals surface area (Å²) in [4.78, 5) is 11.8. The standard InChI is InChI=1S/C15H11Br4N3O/c16-10-3-1-9(2-4-10)7-21-22-14(23)8-20-15-12(18)5-11(17)6-13(15)19/h1-7,20H,8H2,(H,22,23)/b21-7-. The van der Waals surface area contributed by atoms with Crippen molar-refractivity contribution in [3.63, 3.8) is 0 Å². The lowest BCUT2D eigenvalue weighted by atomic mass is 10.2. The molecule has 0 aliphatic carbocycles. The molecular weight excluding hydrogens is 558 g/mol. The van der Waals surface area contributed by atoms with E-state index in [1.165, 1.54) is 0 Å². The molecule has 0 spiro atoms. The highest BCUT2D eigenvalue weighted by atomic mass is 79.9. The summed E-state index contributed by atoms with van der Waals surface area (Å²) in [5, 5.41) is 6.99. The molecule has 0 aliphatic heterocycles. The van der Waals surface area contributed by atoms with Gasteiger partial charge in [-0.3, -0.25) is 4.79 Å². The van der Waals surface area contributed by atoms with Gasteiger partial charge in [0.05, 0.1) is 18.4 Å². The normalized spacial score (nSPS) is 10.8. The number of nitrogens with zero attached hydrogens (tertiary/aromatic N) is 1. The summed E-state index contributed by atoms with van der Waals surface area (Å²) in [5.74, 6) is -0.236. The Balaban J connectivity index is 1.87. The molecule has 120 valence electrons. The molecule has 0 radical (unpaired) electrons. The van der Waals surface area contributed by atoms with Crippen LogP contribution in [0.25, 0.3) is 0 Å². The van der Waals surface area contributed by atoms with Gasteiger partial charge in [-0.25, -0.2) is 5.43 Å². The van der Waals surface area contributed by atoms with Crippen molar-refractivity contribution in [2.45, 2.75) is 0 Å². The van der Waals surface area contributed by atoms with Crippen LogP contribution >= 0.6 is 63.7 Å². The number of carbonyl (C=O) groups excluding carboxylic acids is 1. The predicted octanol–water partition coefficient (Wildman–Crippen LogP) is 5.30. The van der Waals surface area contributed by atoms with Crippen LogP contribution in [0, 0.1) is 0 Å². The van der Waals surface area contributed by atoms with Gasteiger partial charge in [0.1, 0.15) is 0 Å². The summed E-state index contributed by atoms with van der Waals surface area (Å²) in [7, 11) is 0. The molecule has 0 atom stereocenters. The third-order valence-corrected chi connectivity index (χ3v) is 4.94. The summed E-state index contributed by atoms with van der Waals surface area (Å²) in [6, 6.07) is 11.4. The van der Waals surface area contributed by atoms with Crippen LogP contribution in [-0.4, -0.2) is 18.7 Å². The molecule has 4 nitrogen and oxygen atoms in total. The topological polar surface area (TPSA) is 53.5 Å². The average molecular weight is 569 g/mol. The predicted molar refractivity (Wildman–Crippen MR) is 108 cm³/mol. The van der Waals surface area contributed by atoms with Crippen LogP contribution in [0.4, 0.5) is 5.69 Å². The average Bonchev–Trinajstić information content (AvgIpc) is 2.48. The molecule has 0 saturated carbocycles. The molecule has 0 saturated heterocycles. The van der Waals surface area contributed by atoms with E-state index in [9.17, 15) is 4.79 Å². The van der Waals surface area contributed by atoms with Gasteiger partial charge in [-0.05, 0) is 61.7 Å². The first-order valence-corrected chi connectivity index (χ1v) is 9.59. The molecule has 0 fully saturated rings. The van der Waals surface area contributed by atoms with Crippen molar-refractivity contribution < 1.29 is 4.79 Å². The maximum Gasteiger partial charge on any atom is 0.259 e. The second-order valence-electron chi connectivity index (χ2n) is 4.44. The van der Waals surface area contributed by atoms with Gasteiger partial charge in [-0.15, -0.1) is 0 Å². The lowest BCUT2D eigenvalue weighted by Crippen LogP contribution is -2.26. The van der Waals surface area contributed by atoms with Crippen molar-refractivity contribution in [1.82, 2.24) is 5.43 Å². The fourth-order valence-corrected chi connectivity index (χ4v) is 4.45. The Hall–Kier alpha value is -0.700. The maximum absolute atomic E-state index is 11.8. The van der Waals surface area contributed by atoms with Crippen molar-refractivity contribution in [1.29, 1.82) is 0 Å². The third-order valence-electron chi connectivity index (χ3n) is 2.71. The van der Waals surface area contributed by atoms with Gasteiger partial charge in [-0.1, -0.05) is 44.0 Å². The zero-order valence-corrected chi connectivity index (χ0v) is 18.0. The maximum atomic E-state index is 11.8. The number of benzene rings is 2.